The van der Waals surface area contributed by atoms with Crippen LogP contribution in [0, 0.1) is 6.92 Å². The molecule has 0 aliphatic carbocycles. The number of benzene rings is 1. The molecule has 2 rings (SSSR count). The van der Waals surface area contributed by atoms with Gasteiger partial charge in [-0.05, 0) is 52.3 Å². The first-order valence-corrected chi connectivity index (χ1v) is 8.30. The summed E-state index contributed by atoms with van der Waals surface area (Å²) in [5.41, 5.74) is 2.72. The summed E-state index contributed by atoms with van der Waals surface area (Å²) in [4.78, 5) is 2.58. The molecule has 1 N–H and O–H groups in total. The Kier molecular flexibility index (Phi) is 6.68. The minimum absolute atomic E-state index is 0.454. The molecule has 0 radical (unpaired) electrons. The van der Waals surface area contributed by atoms with Crippen molar-refractivity contribution in [2.45, 2.75) is 45.3 Å². The molecule has 0 spiro atoms. The number of rotatable bonds is 7. The van der Waals surface area contributed by atoms with Crippen LogP contribution < -0.4 is 5.32 Å². The van der Waals surface area contributed by atoms with Crippen molar-refractivity contribution in [3.63, 3.8) is 0 Å². The van der Waals surface area contributed by atoms with E-state index < -0.39 is 0 Å². The summed E-state index contributed by atoms with van der Waals surface area (Å²) in [7, 11) is 2.06. The Bertz CT molecular complexity index is 396. The summed E-state index contributed by atoms with van der Waals surface area (Å²) in [6.07, 6.45) is 4.02. The van der Waals surface area contributed by atoms with E-state index in [9.17, 15) is 0 Å². The monoisotopic (exact) mass is 290 g/mol. The maximum Gasteiger partial charge on any atom is 0.0599 e. The molecule has 1 aromatic rings. The first-order valence-electron chi connectivity index (χ1n) is 8.30. The predicted molar refractivity (Wildman–Crippen MR) is 88.7 cm³/mol. The molecule has 1 saturated heterocycles. The first-order chi connectivity index (χ1) is 10.2. The van der Waals surface area contributed by atoms with E-state index in [1.54, 1.807) is 0 Å². The van der Waals surface area contributed by atoms with Gasteiger partial charge in [-0.2, -0.15) is 0 Å². The zero-order chi connectivity index (χ0) is 15.1. The third-order valence-electron chi connectivity index (χ3n) is 4.50. The zero-order valence-electron chi connectivity index (χ0n) is 13.8. The molecule has 0 saturated carbocycles. The minimum Gasteiger partial charge on any atom is -0.378 e. The van der Waals surface area contributed by atoms with Gasteiger partial charge in [0.2, 0.25) is 0 Å². The third-order valence-corrected chi connectivity index (χ3v) is 4.50. The normalized spacial score (nSPS) is 18.8. The topological polar surface area (TPSA) is 24.5 Å². The molecule has 1 aliphatic rings. The summed E-state index contributed by atoms with van der Waals surface area (Å²) in [6, 6.07) is 9.35. The molecule has 3 heteroatoms. The van der Waals surface area contributed by atoms with Gasteiger partial charge in [0.25, 0.3) is 0 Å². The average molecular weight is 290 g/mol. The molecule has 1 aliphatic heterocycles. The van der Waals surface area contributed by atoms with E-state index in [4.69, 9.17) is 4.74 Å². The molecule has 1 fully saturated rings. The van der Waals surface area contributed by atoms with Crippen LogP contribution >= 0.6 is 0 Å². The lowest BCUT2D eigenvalue weighted by molar-refractivity contribution is 0.0136. The second-order valence-corrected chi connectivity index (χ2v) is 6.04. The molecule has 1 aromatic carbocycles. The standard InChI is InChI=1S/C18H30N2O/c1-4-21-17-9-12-20(13-10-17)14-11-18(19-3)16-7-5-15(2)6-8-16/h5-8,17-19H,4,9-14H2,1-3H3. The van der Waals surface area contributed by atoms with E-state index >= 15 is 0 Å². The lowest BCUT2D eigenvalue weighted by atomic mass is 10.0. The van der Waals surface area contributed by atoms with Crippen molar-refractivity contribution in [2.24, 2.45) is 0 Å². The fourth-order valence-corrected chi connectivity index (χ4v) is 3.12. The summed E-state index contributed by atoms with van der Waals surface area (Å²) in [5, 5.41) is 3.46. The quantitative estimate of drug-likeness (QED) is 0.835. The highest BCUT2D eigenvalue weighted by Gasteiger charge is 2.20. The van der Waals surface area contributed by atoms with Crippen LogP contribution in [0.25, 0.3) is 0 Å². The first kappa shape index (κ1) is 16.5. The van der Waals surface area contributed by atoms with Gasteiger partial charge >= 0.3 is 0 Å². The van der Waals surface area contributed by atoms with Gasteiger partial charge in [-0.15, -0.1) is 0 Å². The van der Waals surface area contributed by atoms with E-state index in [1.165, 1.54) is 43.5 Å². The maximum atomic E-state index is 5.72. The van der Waals surface area contributed by atoms with Gasteiger partial charge in [0.1, 0.15) is 0 Å². The number of likely N-dealkylation sites (tertiary alicyclic amines) is 1. The van der Waals surface area contributed by atoms with Crippen LogP contribution in [0.3, 0.4) is 0 Å². The average Bonchev–Trinajstić information content (AvgIpc) is 2.51. The van der Waals surface area contributed by atoms with Gasteiger partial charge in [0, 0.05) is 25.7 Å². The molecule has 0 aromatic heterocycles. The summed E-state index contributed by atoms with van der Waals surface area (Å²) >= 11 is 0. The molecule has 0 bridgehead atoms. The molecule has 1 heterocycles. The molecule has 1 atom stereocenters. The SMILES string of the molecule is CCOC1CCN(CCC(NC)c2ccc(C)cc2)CC1. The van der Waals surface area contributed by atoms with E-state index in [2.05, 4.69) is 55.4 Å². The van der Waals surface area contributed by atoms with Gasteiger partial charge in [-0.1, -0.05) is 29.8 Å². The van der Waals surface area contributed by atoms with Crippen molar-refractivity contribution in [3.05, 3.63) is 35.4 Å². The van der Waals surface area contributed by atoms with Crippen LogP contribution in [-0.2, 0) is 4.74 Å². The van der Waals surface area contributed by atoms with Crippen molar-refractivity contribution >= 4 is 0 Å². The molecule has 1 unspecified atom stereocenters. The van der Waals surface area contributed by atoms with Crippen molar-refractivity contribution in [2.75, 3.05) is 33.3 Å². The molecule has 0 amide bonds. The summed E-state index contributed by atoms with van der Waals surface area (Å²) < 4.78 is 5.72. The van der Waals surface area contributed by atoms with E-state index in [0.29, 0.717) is 12.1 Å². The summed E-state index contributed by atoms with van der Waals surface area (Å²) in [5.74, 6) is 0. The van der Waals surface area contributed by atoms with Gasteiger partial charge in [-0.25, -0.2) is 0 Å². The predicted octanol–water partition coefficient (Wildman–Crippen LogP) is 3.15. The lowest BCUT2D eigenvalue weighted by Crippen LogP contribution is -2.38. The Balaban J connectivity index is 1.77. The van der Waals surface area contributed by atoms with E-state index in [1.807, 2.05) is 0 Å². The van der Waals surface area contributed by atoms with Crippen LogP contribution in [0.1, 0.15) is 43.4 Å². The van der Waals surface area contributed by atoms with E-state index in [-0.39, 0.29) is 0 Å². The zero-order valence-corrected chi connectivity index (χ0v) is 13.8. The van der Waals surface area contributed by atoms with Gasteiger partial charge in [0.15, 0.2) is 0 Å². The fourth-order valence-electron chi connectivity index (χ4n) is 3.12. The van der Waals surface area contributed by atoms with Crippen LogP contribution in [0.5, 0.6) is 0 Å². The number of nitrogens with one attached hydrogen (secondary N) is 1. The van der Waals surface area contributed by atoms with Crippen LogP contribution in [0.2, 0.25) is 0 Å². The van der Waals surface area contributed by atoms with E-state index in [0.717, 1.165) is 13.2 Å². The summed E-state index contributed by atoms with van der Waals surface area (Å²) in [6.45, 7) is 8.59. The molecule has 118 valence electrons. The minimum atomic E-state index is 0.454. The van der Waals surface area contributed by atoms with Gasteiger partial charge in [-0.3, -0.25) is 0 Å². The second kappa shape index (κ2) is 8.52. The number of piperidine rings is 1. The smallest absolute Gasteiger partial charge is 0.0599 e. The number of aryl methyl sites for hydroxylation is 1. The maximum absolute atomic E-state index is 5.72. The van der Waals surface area contributed by atoms with Crippen LogP contribution in [-0.4, -0.2) is 44.3 Å². The van der Waals surface area contributed by atoms with Gasteiger partial charge < -0.3 is 15.0 Å². The Morgan fingerprint density at radius 3 is 2.48 bits per heavy atom. The van der Waals surface area contributed by atoms with Gasteiger partial charge in [0.05, 0.1) is 6.10 Å². The highest BCUT2D eigenvalue weighted by atomic mass is 16.5. The Morgan fingerprint density at radius 1 is 1.24 bits per heavy atom. The van der Waals surface area contributed by atoms with Crippen molar-refractivity contribution in [3.8, 4) is 0 Å². The number of ether oxygens (including phenoxy) is 1. The van der Waals surface area contributed by atoms with Crippen LogP contribution in [0.4, 0.5) is 0 Å². The fraction of sp³-hybridized carbons (Fsp3) is 0.667. The van der Waals surface area contributed by atoms with Crippen molar-refractivity contribution < 1.29 is 4.74 Å². The number of hydrogen-bond donors (Lipinski definition) is 1. The lowest BCUT2D eigenvalue weighted by Gasteiger charge is -2.32. The van der Waals surface area contributed by atoms with Crippen LogP contribution in [0.15, 0.2) is 24.3 Å². The molecular weight excluding hydrogens is 260 g/mol. The second-order valence-electron chi connectivity index (χ2n) is 6.04. The van der Waals surface area contributed by atoms with Crippen molar-refractivity contribution in [1.82, 2.24) is 10.2 Å². The molecule has 3 nitrogen and oxygen atoms in total. The number of nitrogens with zero attached hydrogens (tertiary/aromatic N) is 1. The number of hydrogen-bond acceptors (Lipinski definition) is 3. The highest BCUT2D eigenvalue weighted by molar-refractivity contribution is 5.24. The largest absolute Gasteiger partial charge is 0.378 e. The third kappa shape index (κ3) is 5.10. The Hall–Kier alpha value is -0.900. The van der Waals surface area contributed by atoms with Crippen molar-refractivity contribution in [1.29, 1.82) is 0 Å². The molecular formula is C18H30N2O. The Labute approximate surface area is 129 Å². The Morgan fingerprint density at radius 2 is 1.90 bits per heavy atom. The highest BCUT2D eigenvalue weighted by Crippen LogP contribution is 2.19. The molecule has 21 heavy (non-hydrogen) atoms.